The van der Waals surface area contributed by atoms with Crippen molar-refractivity contribution in [1.82, 2.24) is 0 Å². The molecule has 118 valence electrons. The van der Waals surface area contributed by atoms with E-state index in [0.717, 1.165) is 6.26 Å². The molecule has 21 heavy (non-hydrogen) atoms. The first kappa shape index (κ1) is 17.8. The number of carboxylic acids is 1. The van der Waals surface area contributed by atoms with Gasteiger partial charge < -0.3 is 15.7 Å². The number of aliphatic carboxylic acids is 1. The smallest absolute Gasteiger partial charge is 0.303 e. The third kappa shape index (κ3) is 5.59. The SMILES string of the molecule is CS(=O)(=O)c1ccc(CP(=O)(O)C(N)CCC(=O)O)cc1. The molecule has 0 aliphatic rings. The Balaban J connectivity index is 2.79. The third-order valence-corrected chi connectivity index (χ3v) is 6.17. The summed E-state index contributed by atoms with van der Waals surface area (Å²) in [5, 5.41) is 8.54. The van der Waals surface area contributed by atoms with E-state index in [2.05, 4.69) is 0 Å². The van der Waals surface area contributed by atoms with Gasteiger partial charge in [0.2, 0.25) is 7.37 Å². The van der Waals surface area contributed by atoms with Crippen molar-refractivity contribution in [2.24, 2.45) is 5.73 Å². The number of hydrogen-bond acceptors (Lipinski definition) is 5. The van der Waals surface area contributed by atoms with E-state index in [-0.39, 0.29) is 23.9 Å². The van der Waals surface area contributed by atoms with Crippen molar-refractivity contribution in [3.05, 3.63) is 29.8 Å². The molecule has 0 saturated heterocycles. The Morgan fingerprint density at radius 3 is 2.29 bits per heavy atom. The molecule has 1 aromatic carbocycles. The molecule has 0 bridgehead atoms. The summed E-state index contributed by atoms with van der Waals surface area (Å²) in [6.07, 6.45) is 0.474. The molecule has 2 unspecified atom stereocenters. The molecular weight excluding hydrogens is 317 g/mol. The molecule has 0 spiro atoms. The van der Waals surface area contributed by atoms with Gasteiger partial charge in [0.05, 0.1) is 16.8 Å². The lowest BCUT2D eigenvalue weighted by atomic mass is 10.2. The Morgan fingerprint density at radius 1 is 1.33 bits per heavy atom. The van der Waals surface area contributed by atoms with Crippen molar-refractivity contribution in [3.63, 3.8) is 0 Å². The van der Waals surface area contributed by atoms with Crippen molar-refractivity contribution in [2.75, 3.05) is 6.26 Å². The summed E-state index contributed by atoms with van der Waals surface area (Å²) in [6, 6.07) is 5.60. The lowest BCUT2D eigenvalue weighted by Crippen LogP contribution is -2.22. The topological polar surface area (TPSA) is 135 Å². The first-order chi connectivity index (χ1) is 9.52. The molecular formula is C12H18NO6PS. The zero-order valence-corrected chi connectivity index (χ0v) is 13.2. The lowest BCUT2D eigenvalue weighted by Gasteiger charge is -2.18. The van der Waals surface area contributed by atoms with Crippen LogP contribution in [0.25, 0.3) is 0 Å². The Hall–Kier alpha value is -1.21. The molecule has 0 fully saturated rings. The Morgan fingerprint density at radius 2 is 1.86 bits per heavy atom. The van der Waals surface area contributed by atoms with Crippen LogP contribution in [0.5, 0.6) is 0 Å². The van der Waals surface area contributed by atoms with E-state index in [0.29, 0.717) is 5.56 Å². The van der Waals surface area contributed by atoms with Gasteiger partial charge in [-0.3, -0.25) is 9.36 Å². The molecule has 2 atom stereocenters. The van der Waals surface area contributed by atoms with E-state index in [1.54, 1.807) is 0 Å². The Bertz CT molecular complexity index is 655. The number of carboxylic acid groups (broad SMARTS) is 1. The number of sulfone groups is 1. The maximum Gasteiger partial charge on any atom is 0.303 e. The predicted molar refractivity (Wildman–Crippen MR) is 77.9 cm³/mol. The first-order valence-corrected chi connectivity index (χ1v) is 9.91. The molecule has 1 aromatic rings. The number of hydrogen-bond donors (Lipinski definition) is 3. The zero-order valence-electron chi connectivity index (χ0n) is 11.5. The minimum atomic E-state index is -3.75. The quantitative estimate of drug-likeness (QED) is 0.633. The Kier molecular flexibility index (Phi) is 5.69. The standard InChI is InChI=1S/C12H18NO6PS/c1-21(18,19)10-4-2-9(3-5-10)8-20(16,17)11(13)6-7-12(14)15/h2-5,11H,6-8,13H2,1H3,(H,14,15)(H,16,17). The average Bonchev–Trinajstić information content (AvgIpc) is 2.34. The highest BCUT2D eigenvalue weighted by Gasteiger charge is 2.28. The summed E-state index contributed by atoms with van der Waals surface area (Å²) >= 11 is 0. The van der Waals surface area contributed by atoms with Crippen molar-refractivity contribution in [3.8, 4) is 0 Å². The summed E-state index contributed by atoms with van der Waals surface area (Å²) in [4.78, 5) is 20.5. The van der Waals surface area contributed by atoms with Crippen LogP contribution in [0.4, 0.5) is 0 Å². The minimum Gasteiger partial charge on any atom is -0.481 e. The van der Waals surface area contributed by atoms with Gasteiger partial charge in [-0.05, 0) is 24.1 Å². The van der Waals surface area contributed by atoms with Gasteiger partial charge in [-0.25, -0.2) is 8.42 Å². The summed E-state index contributed by atoms with van der Waals surface area (Å²) in [5.74, 6) is -2.20. The molecule has 7 nitrogen and oxygen atoms in total. The minimum absolute atomic E-state index is 0.0927. The average molecular weight is 335 g/mol. The van der Waals surface area contributed by atoms with Crippen molar-refractivity contribution >= 4 is 23.2 Å². The molecule has 4 N–H and O–H groups in total. The van der Waals surface area contributed by atoms with Gasteiger partial charge in [0.15, 0.2) is 9.84 Å². The van der Waals surface area contributed by atoms with Crippen LogP contribution in [0.15, 0.2) is 29.2 Å². The highest BCUT2D eigenvalue weighted by atomic mass is 32.2. The van der Waals surface area contributed by atoms with Gasteiger partial charge in [0.25, 0.3) is 0 Å². The van der Waals surface area contributed by atoms with E-state index >= 15 is 0 Å². The molecule has 0 aromatic heterocycles. The van der Waals surface area contributed by atoms with Crippen LogP contribution in [0.3, 0.4) is 0 Å². The van der Waals surface area contributed by atoms with E-state index in [1.807, 2.05) is 0 Å². The van der Waals surface area contributed by atoms with Gasteiger partial charge >= 0.3 is 5.97 Å². The summed E-state index contributed by atoms with van der Waals surface area (Å²) < 4.78 is 34.7. The number of nitrogens with two attached hydrogens (primary N) is 1. The molecule has 0 radical (unpaired) electrons. The molecule has 0 aliphatic heterocycles. The highest BCUT2D eigenvalue weighted by molar-refractivity contribution is 7.90. The lowest BCUT2D eigenvalue weighted by molar-refractivity contribution is -0.137. The van der Waals surface area contributed by atoms with Crippen molar-refractivity contribution < 1.29 is 27.8 Å². The molecule has 1 rings (SSSR count). The number of rotatable bonds is 7. The fourth-order valence-corrected chi connectivity index (χ4v) is 3.83. The summed E-state index contributed by atoms with van der Waals surface area (Å²) in [5.41, 5.74) is 6.05. The monoisotopic (exact) mass is 335 g/mol. The summed E-state index contributed by atoms with van der Waals surface area (Å²) in [6.45, 7) is 0. The summed E-state index contributed by atoms with van der Waals surface area (Å²) in [7, 11) is -7.07. The van der Waals surface area contributed by atoms with Crippen LogP contribution in [0.1, 0.15) is 18.4 Å². The molecule has 0 aliphatic carbocycles. The predicted octanol–water partition coefficient (Wildman–Crippen LogP) is 1.01. The van der Waals surface area contributed by atoms with E-state index < -0.39 is 29.0 Å². The van der Waals surface area contributed by atoms with Crippen LogP contribution >= 0.6 is 7.37 Å². The zero-order chi connectivity index (χ0) is 16.3. The van der Waals surface area contributed by atoms with Crippen LogP contribution in [-0.4, -0.2) is 36.4 Å². The highest BCUT2D eigenvalue weighted by Crippen LogP contribution is 2.48. The fourth-order valence-electron chi connectivity index (χ4n) is 1.69. The second kappa shape index (κ2) is 6.70. The van der Waals surface area contributed by atoms with Gasteiger partial charge in [-0.15, -0.1) is 0 Å². The van der Waals surface area contributed by atoms with Gasteiger partial charge in [0, 0.05) is 12.7 Å². The Labute approximate surface area is 123 Å². The number of carbonyl (C=O) groups is 1. The van der Waals surface area contributed by atoms with E-state index in [4.69, 9.17) is 10.8 Å². The second-order valence-corrected chi connectivity index (χ2v) is 9.34. The van der Waals surface area contributed by atoms with Gasteiger partial charge in [0.1, 0.15) is 0 Å². The van der Waals surface area contributed by atoms with Gasteiger partial charge in [-0.1, -0.05) is 12.1 Å². The third-order valence-electron chi connectivity index (χ3n) is 2.93. The maximum absolute atomic E-state index is 12.1. The van der Waals surface area contributed by atoms with Gasteiger partial charge in [-0.2, -0.15) is 0 Å². The molecule has 0 heterocycles. The van der Waals surface area contributed by atoms with Crippen molar-refractivity contribution in [1.29, 1.82) is 0 Å². The van der Waals surface area contributed by atoms with Crippen molar-refractivity contribution in [2.45, 2.75) is 29.7 Å². The normalized spacial score (nSPS) is 16.1. The molecule has 0 saturated carbocycles. The van der Waals surface area contributed by atoms with Crippen LogP contribution in [0, 0.1) is 0 Å². The maximum atomic E-state index is 12.1. The van der Waals surface area contributed by atoms with E-state index in [9.17, 15) is 22.7 Å². The van der Waals surface area contributed by atoms with Crippen LogP contribution < -0.4 is 5.73 Å². The fraction of sp³-hybridized carbons (Fsp3) is 0.417. The van der Waals surface area contributed by atoms with Crippen LogP contribution in [0.2, 0.25) is 0 Å². The molecule has 9 heteroatoms. The largest absolute Gasteiger partial charge is 0.481 e. The number of benzene rings is 1. The molecule has 0 amide bonds. The van der Waals surface area contributed by atoms with E-state index in [1.165, 1.54) is 24.3 Å². The van der Waals surface area contributed by atoms with Crippen LogP contribution in [-0.2, 0) is 25.4 Å². The first-order valence-electron chi connectivity index (χ1n) is 6.10. The second-order valence-electron chi connectivity index (χ2n) is 4.83.